The molecule has 25 heavy (non-hydrogen) atoms. The summed E-state index contributed by atoms with van der Waals surface area (Å²) in [6.07, 6.45) is 5.47. The van der Waals surface area contributed by atoms with Crippen LogP contribution in [-0.4, -0.2) is 34.3 Å². The van der Waals surface area contributed by atoms with Crippen molar-refractivity contribution in [3.05, 3.63) is 50.4 Å². The number of carbonyl (C=O) groups is 2. The molecule has 132 valence electrons. The SMILES string of the molecule is CCCC(NC(=O)c1cncc(Br)c1)C(=O)N1CCc2sccc2C1. The van der Waals surface area contributed by atoms with E-state index in [2.05, 4.69) is 37.7 Å². The fourth-order valence-corrected chi connectivity index (χ4v) is 4.24. The molecule has 1 aliphatic heterocycles. The standard InChI is InChI=1S/C18H20BrN3O2S/c1-2-3-15(21-17(23)13-8-14(19)10-20-9-13)18(24)22-6-4-16-12(11-22)5-7-25-16/h5,7-10,15H,2-4,6,11H2,1H3,(H,21,23). The van der Waals surface area contributed by atoms with Gasteiger partial charge in [0, 0.05) is 34.8 Å². The Bertz CT molecular complexity index is 777. The van der Waals surface area contributed by atoms with Gasteiger partial charge in [-0.25, -0.2) is 0 Å². The van der Waals surface area contributed by atoms with Crippen molar-refractivity contribution in [3.8, 4) is 0 Å². The van der Waals surface area contributed by atoms with Crippen molar-refractivity contribution in [1.29, 1.82) is 0 Å². The quantitative estimate of drug-likeness (QED) is 0.804. The number of halogens is 1. The number of nitrogens with zero attached hydrogens (tertiary/aromatic N) is 2. The Kier molecular flexibility index (Phi) is 5.86. The van der Waals surface area contributed by atoms with Gasteiger partial charge >= 0.3 is 0 Å². The highest BCUT2D eigenvalue weighted by atomic mass is 79.9. The molecule has 7 heteroatoms. The molecule has 1 unspecified atom stereocenters. The van der Waals surface area contributed by atoms with Gasteiger partial charge in [-0.05, 0) is 51.8 Å². The summed E-state index contributed by atoms with van der Waals surface area (Å²) in [5.41, 5.74) is 1.67. The number of hydrogen-bond acceptors (Lipinski definition) is 4. The lowest BCUT2D eigenvalue weighted by molar-refractivity contribution is -0.134. The van der Waals surface area contributed by atoms with Crippen LogP contribution in [0.3, 0.4) is 0 Å². The van der Waals surface area contributed by atoms with Gasteiger partial charge in [0.15, 0.2) is 0 Å². The largest absolute Gasteiger partial charge is 0.340 e. The Hall–Kier alpha value is -1.73. The summed E-state index contributed by atoms with van der Waals surface area (Å²) in [5, 5.41) is 4.96. The smallest absolute Gasteiger partial charge is 0.253 e. The molecule has 1 atom stereocenters. The molecule has 0 spiro atoms. The van der Waals surface area contributed by atoms with E-state index in [1.54, 1.807) is 23.6 Å². The van der Waals surface area contributed by atoms with Gasteiger partial charge in [0.05, 0.1) is 5.56 Å². The maximum absolute atomic E-state index is 12.9. The van der Waals surface area contributed by atoms with Crippen LogP contribution in [0.15, 0.2) is 34.4 Å². The Morgan fingerprint density at radius 1 is 1.44 bits per heavy atom. The predicted molar refractivity (Wildman–Crippen MR) is 102 cm³/mol. The number of rotatable bonds is 5. The van der Waals surface area contributed by atoms with Crippen LogP contribution in [-0.2, 0) is 17.8 Å². The highest BCUT2D eigenvalue weighted by molar-refractivity contribution is 9.10. The maximum Gasteiger partial charge on any atom is 0.253 e. The van der Waals surface area contributed by atoms with E-state index in [4.69, 9.17) is 0 Å². The van der Waals surface area contributed by atoms with Gasteiger partial charge < -0.3 is 10.2 Å². The van der Waals surface area contributed by atoms with E-state index in [-0.39, 0.29) is 11.8 Å². The molecule has 0 saturated carbocycles. The fourth-order valence-electron chi connectivity index (χ4n) is 2.98. The normalized spacial score (nSPS) is 14.7. The molecule has 0 aliphatic carbocycles. The molecule has 2 amide bonds. The summed E-state index contributed by atoms with van der Waals surface area (Å²) in [5.74, 6) is -0.274. The van der Waals surface area contributed by atoms with Crippen LogP contribution < -0.4 is 5.32 Å². The van der Waals surface area contributed by atoms with Crippen molar-refractivity contribution in [1.82, 2.24) is 15.2 Å². The van der Waals surface area contributed by atoms with Crippen molar-refractivity contribution >= 4 is 39.1 Å². The van der Waals surface area contributed by atoms with E-state index >= 15 is 0 Å². The van der Waals surface area contributed by atoms with Crippen LogP contribution >= 0.6 is 27.3 Å². The lowest BCUT2D eigenvalue weighted by Crippen LogP contribution is -2.49. The van der Waals surface area contributed by atoms with E-state index in [1.165, 1.54) is 16.6 Å². The average Bonchev–Trinajstić information content (AvgIpc) is 3.08. The first-order valence-corrected chi connectivity index (χ1v) is 10.0. The van der Waals surface area contributed by atoms with Crippen LogP contribution in [0.25, 0.3) is 0 Å². The summed E-state index contributed by atoms with van der Waals surface area (Å²) < 4.78 is 0.736. The molecule has 5 nitrogen and oxygen atoms in total. The van der Waals surface area contributed by atoms with Crippen LogP contribution in [0, 0.1) is 0 Å². The minimum atomic E-state index is -0.503. The molecule has 1 N–H and O–H groups in total. The Labute approximate surface area is 159 Å². The minimum absolute atomic E-state index is 0.00462. The van der Waals surface area contributed by atoms with Gasteiger partial charge in [-0.3, -0.25) is 14.6 Å². The summed E-state index contributed by atoms with van der Waals surface area (Å²) in [7, 11) is 0. The van der Waals surface area contributed by atoms with E-state index in [9.17, 15) is 9.59 Å². The van der Waals surface area contributed by atoms with Gasteiger partial charge in [-0.1, -0.05) is 13.3 Å². The summed E-state index contributed by atoms with van der Waals surface area (Å²) in [4.78, 5) is 32.7. The van der Waals surface area contributed by atoms with E-state index in [0.717, 1.165) is 17.3 Å². The van der Waals surface area contributed by atoms with Crippen LogP contribution in [0.4, 0.5) is 0 Å². The topological polar surface area (TPSA) is 62.3 Å². The third kappa shape index (κ3) is 4.27. The Morgan fingerprint density at radius 3 is 3.04 bits per heavy atom. The molecule has 2 aromatic heterocycles. The molecular formula is C18H20BrN3O2S. The monoisotopic (exact) mass is 421 g/mol. The highest BCUT2D eigenvalue weighted by Crippen LogP contribution is 2.24. The van der Waals surface area contributed by atoms with Gasteiger partial charge in [0.2, 0.25) is 5.91 Å². The first-order valence-electron chi connectivity index (χ1n) is 8.34. The maximum atomic E-state index is 12.9. The highest BCUT2D eigenvalue weighted by Gasteiger charge is 2.28. The molecule has 0 radical (unpaired) electrons. The predicted octanol–water partition coefficient (Wildman–Crippen LogP) is 3.39. The lowest BCUT2D eigenvalue weighted by atomic mass is 10.1. The summed E-state index contributed by atoms with van der Waals surface area (Å²) in [6, 6.07) is 3.28. The zero-order valence-corrected chi connectivity index (χ0v) is 16.4. The number of fused-ring (bicyclic) bond motifs is 1. The number of thiophene rings is 1. The van der Waals surface area contributed by atoms with Crippen molar-refractivity contribution in [3.63, 3.8) is 0 Å². The zero-order valence-electron chi connectivity index (χ0n) is 14.0. The van der Waals surface area contributed by atoms with Gasteiger partial charge in [0.25, 0.3) is 5.91 Å². The average molecular weight is 422 g/mol. The van der Waals surface area contributed by atoms with Crippen LogP contribution in [0.2, 0.25) is 0 Å². The third-order valence-corrected chi connectivity index (χ3v) is 5.72. The van der Waals surface area contributed by atoms with E-state index in [0.29, 0.717) is 25.1 Å². The Morgan fingerprint density at radius 2 is 2.28 bits per heavy atom. The molecule has 0 aromatic carbocycles. The molecule has 0 fully saturated rings. The van der Waals surface area contributed by atoms with E-state index in [1.807, 2.05) is 11.8 Å². The van der Waals surface area contributed by atoms with Crippen LogP contribution in [0.5, 0.6) is 0 Å². The molecule has 2 aromatic rings. The molecule has 0 bridgehead atoms. The number of nitrogens with one attached hydrogen (secondary N) is 1. The van der Waals surface area contributed by atoms with Crippen LogP contribution in [0.1, 0.15) is 40.6 Å². The fraction of sp³-hybridized carbons (Fsp3) is 0.389. The van der Waals surface area contributed by atoms with Crippen molar-refractivity contribution in [2.75, 3.05) is 6.54 Å². The van der Waals surface area contributed by atoms with Gasteiger partial charge in [-0.2, -0.15) is 0 Å². The minimum Gasteiger partial charge on any atom is -0.340 e. The summed E-state index contributed by atoms with van der Waals surface area (Å²) >= 11 is 5.06. The molecule has 1 aliphatic rings. The first kappa shape index (κ1) is 18.1. The second kappa shape index (κ2) is 8.10. The van der Waals surface area contributed by atoms with Crippen molar-refractivity contribution in [2.24, 2.45) is 0 Å². The molecule has 0 saturated heterocycles. The van der Waals surface area contributed by atoms with E-state index < -0.39 is 6.04 Å². The molecule has 3 rings (SSSR count). The third-order valence-electron chi connectivity index (χ3n) is 4.27. The lowest BCUT2D eigenvalue weighted by Gasteiger charge is -2.30. The molecule has 3 heterocycles. The molecular weight excluding hydrogens is 402 g/mol. The van der Waals surface area contributed by atoms with Crippen molar-refractivity contribution < 1.29 is 9.59 Å². The second-order valence-corrected chi connectivity index (χ2v) is 8.00. The van der Waals surface area contributed by atoms with Crippen molar-refractivity contribution in [2.45, 2.75) is 38.8 Å². The Balaban J connectivity index is 1.70. The second-order valence-electron chi connectivity index (χ2n) is 6.09. The zero-order chi connectivity index (χ0) is 17.8. The summed E-state index contributed by atoms with van der Waals surface area (Å²) in [6.45, 7) is 3.35. The van der Waals surface area contributed by atoms with Gasteiger partial charge in [0.1, 0.15) is 6.04 Å². The number of aromatic nitrogens is 1. The van der Waals surface area contributed by atoms with Gasteiger partial charge in [-0.15, -0.1) is 11.3 Å². The first-order chi connectivity index (χ1) is 12.1. The number of carbonyl (C=O) groups excluding carboxylic acids is 2. The number of hydrogen-bond donors (Lipinski definition) is 1. The number of pyridine rings is 1. The number of amides is 2.